The van der Waals surface area contributed by atoms with Crippen LogP contribution in [0.1, 0.15) is 29.8 Å². The Bertz CT molecular complexity index is 1290. The highest BCUT2D eigenvalue weighted by molar-refractivity contribution is 7.92. The largest absolute Gasteiger partial charge is 0.326 e. The average molecular weight is 470 g/mol. The molecule has 0 radical (unpaired) electrons. The molecule has 0 saturated heterocycles. The van der Waals surface area contributed by atoms with Crippen molar-refractivity contribution in [1.82, 2.24) is 9.78 Å². The number of amides is 1. The summed E-state index contributed by atoms with van der Waals surface area (Å²) >= 11 is 0. The molecule has 0 aliphatic heterocycles. The Hall–Kier alpha value is -3.71. The molecule has 8 nitrogen and oxygen atoms in total. The van der Waals surface area contributed by atoms with Crippen molar-refractivity contribution in [3.63, 3.8) is 0 Å². The molecule has 172 valence electrons. The van der Waals surface area contributed by atoms with Crippen LogP contribution in [0.3, 0.4) is 0 Å². The van der Waals surface area contributed by atoms with Crippen LogP contribution < -0.4 is 10.0 Å². The third-order valence-corrected chi connectivity index (χ3v) is 6.49. The van der Waals surface area contributed by atoms with Gasteiger partial charge in [-0.2, -0.15) is 10.4 Å². The minimum Gasteiger partial charge on any atom is -0.326 e. The highest BCUT2D eigenvalue weighted by Crippen LogP contribution is 2.20. The first-order valence-corrected chi connectivity index (χ1v) is 11.8. The van der Waals surface area contributed by atoms with Crippen molar-refractivity contribution < 1.29 is 17.6 Å². The predicted octanol–water partition coefficient (Wildman–Crippen LogP) is 3.92. The number of halogens is 1. The molecule has 33 heavy (non-hydrogen) atoms. The van der Waals surface area contributed by atoms with E-state index in [4.69, 9.17) is 5.26 Å². The van der Waals surface area contributed by atoms with Gasteiger partial charge in [0.15, 0.2) is 0 Å². The van der Waals surface area contributed by atoms with Crippen molar-refractivity contribution in [1.29, 1.82) is 5.26 Å². The van der Waals surface area contributed by atoms with Crippen LogP contribution >= 0.6 is 0 Å². The summed E-state index contributed by atoms with van der Waals surface area (Å²) in [6.07, 6.45) is 1.10. The van der Waals surface area contributed by atoms with Gasteiger partial charge in [0, 0.05) is 17.8 Å². The Balaban J connectivity index is 1.59. The number of carbonyl (C=O) groups excluding carboxylic acids is 1. The van der Waals surface area contributed by atoms with E-state index in [0.717, 1.165) is 23.0 Å². The lowest BCUT2D eigenvalue weighted by Crippen LogP contribution is -2.14. The zero-order chi connectivity index (χ0) is 24.0. The van der Waals surface area contributed by atoms with Gasteiger partial charge in [0.25, 0.3) is 10.0 Å². The van der Waals surface area contributed by atoms with Crippen molar-refractivity contribution in [2.45, 2.75) is 44.6 Å². The smallest absolute Gasteiger partial charge is 0.261 e. The van der Waals surface area contributed by atoms with Crippen molar-refractivity contribution >= 4 is 27.3 Å². The van der Waals surface area contributed by atoms with Gasteiger partial charge in [-0.3, -0.25) is 14.2 Å². The molecule has 1 heterocycles. The van der Waals surface area contributed by atoms with Crippen LogP contribution in [0.15, 0.2) is 53.4 Å². The van der Waals surface area contributed by atoms with E-state index in [2.05, 4.69) is 21.2 Å². The number of hydrogen-bond acceptors (Lipinski definition) is 5. The molecule has 0 spiro atoms. The number of sulfonamides is 1. The van der Waals surface area contributed by atoms with Crippen LogP contribution in [0, 0.1) is 31.0 Å². The second-order valence-electron chi connectivity index (χ2n) is 7.47. The molecule has 0 aliphatic carbocycles. The topological polar surface area (TPSA) is 117 Å². The van der Waals surface area contributed by atoms with Crippen molar-refractivity contribution in [3.8, 4) is 6.07 Å². The Morgan fingerprint density at radius 2 is 1.88 bits per heavy atom. The quantitative estimate of drug-likeness (QED) is 0.493. The molecule has 10 heteroatoms. The van der Waals surface area contributed by atoms with Gasteiger partial charge >= 0.3 is 0 Å². The fourth-order valence-corrected chi connectivity index (χ4v) is 4.46. The van der Waals surface area contributed by atoms with Gasteiger partial charge in [0.1, 0.15) is 5.82 Å². The number of nitrogens with zero attached hydrogens (tertiary/aromatic N) is 3. The molecular formula is C23H24FN5O3S. The monoisotopic (exact) mass is 469 g/mol. The number of rotatable bonds is 9. The summed E-state index contributed by atoms with van der Waals surface area (Å²) in [5.74, 6) is -0.764. The van der Waals surface area contributed by atoms with E-state index < -0.39 is 15.8 Å². The highest BCUT2D eigenvalue weighted by Gasteiger charge is 2.16. The maximum absolute atomic E-state index is 13.3. The second-order valence-corrected chi connectivity index (χ2v) is 9.15. The first kappa shape index (κ1) is 23.9. The van der Waals surface area contributed by atoms with Gasteiger partial charge in [-0.15, -0.1) is 0 Å². The number of aromatic nitrogens is 2. The summed E-state index contributed by atoms with van der Waals surface area (Å²) in [6.45, 7) is 4.31. The zero-order valence-electron chi connectivity index (χ0n) is 18.3. The minimum absolute atomic E-state index is 0.0132. The van der Waals surface area contributed by atoms with E-state index >= 15 is 0 Å². The number of nitrogens with one attached hydrogen (secondary N) is 2. The van der Waals surface area contributed by atoms with E-state index in [9.17, 15) is 17.6 Å². The summed E-state index contributed by atoms with van der Waals surface area (Å²) in [5, 5.41) is 15.9. The van der Waals surface area contributed by atoms with Crippen LogP contribution in [-0.2, 0) is 27.8 Å². The SMILES string of the molecule is Cc1nn(CCC#N)c(C)c1CCC(=O)Nc1ccc(S(=O)(=O)Nc2cccc(F)c2)cc1. The van der Waals surface area contributed by atoms with Crippen LogP contribution in [0.25, 0.3) is 0 Å². The molecule has 2 N–H and O–H groups in total. The van der Waals surface area contributed by atoms with Crippen LogP contribution in [0.5, 0.6) is 0 Å². The van der Waals surface area contributed by atoms with Gasteiger partial charge in [-0.25, -0.2) is 12.8 Å². The fraction of sp³-hybridized carbons (Fsp3) is 0.261. The molecule has 0 fully saturated rings. The highest BCUT2D eigenvalue weighted by atomic mass is 32.2. The molecule has 2 aromatic carbocycles. The standard InChI is InChI=1S/C23H24FN5O3S/c1-16-22(17(2)29(27-16)14-4-13-25)11-12-23(30)26-19-7-9-21(10-8-19)33(31,32)28-20-6-3-5-18(24)15-20/h3,5-10,15,28H,4,11-12,14H2,1-2H3,(H,26,30). The average Bonchev–Trinajstić information content (AvgIpc) is 3.03. The van der Waals surface area contributed by atoms with Gasteiger partial charge in [0.2, 0.25) is 5.91 Å². The number of carbonyl (C=O) groups is 1. The number of anilines is 2. The predicted molar refractivity (Wildman–Crippen MR) is 123 cm³/mol. The number of benzene rings is 2. The van der Waals surface area contributed by atoms with Crippen molar-refractivity contribution in [3.05, 3.63) is 71.3 Å². The van der Waals surface area contributed by atoms with Gasteiger partial charge in [-0.1, -0.05) is 6.07 Å². The summed E-state index contributed by atoms with van der Waals surface area (Å²) in [6, 6.07) is 13.0. The van der Waals surface area contributed by atoms with Gasteiger partial charge in [-0.05, 0) is 68.3 Å². The molecule has 0 bridgehead atoms. The van der Waals surface area contributed by atoms with E-state index in [1.54, 1.807) is 4.68 Å². The number of aryl methyl sites for hydroxylation is 2. The van der Waals surface area contributed by atoms with E-state index in [0.29, 0.717) is 25.1 Å². The summed E-state index contributed by atoms with van der Waals surface area (Å²) in [4.78, 5) is 12.4. The summed E-state index contributed by atoms with van der Waals surface area (Å²) < 4.78 is 42.4. The Morgan fingerprint density at radius 1 is 1.15 bits per heavy atom. The maximum atomic E-state index is 13.3. The molecule has 0 saturated carbocycles. The van der Waals surface area contributed by atoms with Crippen molar-refractivity contribution in [2.24, 2.45) is 0 Å². The van der Waals surface area contributed by atoms with E-state index in [1.807, 2.05) is 13.8 Å². The third kappa shape index (κ3) is 6.17. The van der Waals surface area contributed by atoms with E-state index in [1.165, 1.54) is 42.5 Å². The normalized spacial score (nSPS) is 11.1. The molecule has 1 amide bonds. The number of nitriles is 1. The Kier molecular flexibility index (Phi) is 7.45. The minimum atomic E-state index is -3.89. The second kappa shape index (κ2) is 10.3. The van der Waals surface area contributed by atoms with Gasteiger partial charge in [0.05, 0.1) is 35.3 Å². The lowest BCUT2D eigenvalue weighted by molar-refractivity contribution is -0.116. The summed E-state index contributed by atoms with van der Waals surface area (Å²) in [7, 11) is -3.89. The first-order chi connectivity index (χ1) is 15.7. The number of hydrogen-bond donors (Lipinski definition) is 2. The fourth-order valence-electron chi connectivity index (χ4n) is 3.41. The molecule has 0 atom stereocenters. The Morgan fingerprint density at radius 3 is 2.55 bits per heavy atom. The maximum Gasteiger partial charge on any atom is 0.261 e. The lowest BCUT2D eigenvalue weighted by Gasteiger charge is -2.10. The van der Waals surface area contributed by atoms with Crippen LogP contribution in [-0.4, -0.2) is 24.1 Å². The summed E-state index contributed by atoms with van der Waals surface area (Å²) in [5.41, 5.74) is 3.33. The molecular weight excluding hydrogens is 445 g/mol. The lowest BCUT2D eigenvalue weighted by atomic mass is 10.1. The van der Waals surface area contributed by atoms with Crippen LogP contribution in [0.2, 0.25) is 0 Å². The molecule has 1 aromatic heterocycles. The molecule has 3 aromatic rings. The zero-order valence-corrected chi connectivity index (χ0v) is 19.1. The van der Waals surface area contributed by atoms with Crippen LogP contribution in [0.4, 0.5) is 15.8 Å². The van der Waals surface area contributed by atoms with E-state index in [-0.39, 0.29) is 22.9 Å². The molecule has 0 unspecified atom stereocenters. The third-order valence-electron chi connectivity index (χ3n) is 5.09. The Labute approximate surface area is 192 Å². The van der Waals surface area contributed by atoms with Crippen molar-refractivity contribution in [2.75, 3.05) is 10.0 Å². The first-order valence-electron chi connectivity index (χ1n) is 10.3. The van der Waals surface area contributed by atoms with Gasteiger partial charge < -0.3 is 5.32 Å². The molecule has 3 rings (SSSR count). The molecule has 0 aliphatic rings.